The highest BCUT2D eigenvalue weighted by atomic mass is 16.5. The van der Waals surface area contributed by atoms with Crippen molar-refractivity contribution in [3.8, 4) is 5.75 Å². The summed E-state index contributed by atoms with van der Waals surface area (Å²) in [6, 6.07) is 17.5. The highest BCUT2D eigenvalue weighted by molar-refractivity contribution is 5.81. The van der Waals surface area contributed by atoms with Gasteiger partial charge in [0.05, 0.1) is 12.6 Å². The molecule has 0 unspecified atom stereocenters. The van der Waals surface area contributed by atoms with Crippen LogP contribution in [0.2, 0.25) is 0 Å². The summed E-state index contributed by atoms with van der Waals surface area (Å²) in [5.74, 6) is 0.753. The van der Waals surface area contributed by atoms with Crippen molar-refractivity contribution in [1.29, 1.82) is 0 Å². The van der Waals surface area contributed by atoms with Crippen LogP contribution in [0, 0.1) is 0 Å². The van der Waals surface area contributed by atoms with E-state index in [0.29, 0.717) is 32.8 Å². The zero-order valence-electron chi connectivity index (χ0n) is 16.5. The van der Waals surface area contributed by atoms with E-state index < -0.39 is 6.04 Å². The molecular formula is C23H30N2O3. The monoisotopic (exact) mass is 382 g/mol. The molecule has 1 heterocycles. The van der Waals surface area contributed by atoms with Crippen molar-refractivity contribution in [2.45, 2.75) is 37.6 Å². The van der Waals surface area contributed by atoms with Crippen LogP contribution in [0.5, 0.6) is 5.75 Å². The predicted molar refractivity (Wildman–Crippen MR) is 110 cm³/mol. The third kappa shape index (κ3) is 5.12. The lowest BCUT2D eigenvalue weighted by molar-refractivity contribution is -0.122. The van der Waals surface area contributed by atoms with E-state index in [9.17, 15) is 4.79 Å². The van der Waals surface area contributed by atoms with Gasteiger partial charge in [-0.15, -0.1) is 0 Å². The first-order valence-corrected chi connectivity index (χ1v) is 10.0. The van der Waals surface area contributed by atoms with Gasteiger partial charge in [-0.1, -0.05) is 42.5 Å². The van der Waals surface area contributed by atoms with Gasteiger partial charge in [0.1, 0.15) is 5.75 Å². The number of carbonyl (C=O) groups is 1. The molecule has 5 nitrogen and oxygen atoms in total. The van der Waals surface area contributed by atoms with Gasteiger partial charge in [-0.05, 0) is 49.4 Å². The summed E-state index contributed by atoms with van der Waals surface area (Å²) in [4.78, 5) is 12.6. The average Bonchev–Trinajstić information content (AvgIpc) is 2.74. The first-order valence-electron chi connectivity index (χ1n) is 10.0. The second kappa shape index (κ2) is 9.71. The number of hydrogen-bond acceptors (Lipinski definition) is 4. The zero-order chi connectivity index (χ0) is 19.8. The SMILES string of the molecule is CCOc1ccc(C2(CNC(=O)[C@@H](N)Cc3ccccc3)CCOCC2)cc1. The number of rotatable bonds is 8. The maximum Gasteiger partial charge on any atom is 0.237 e. The van der Waals surface area contributed by atoms with Crippen molar-refractivity contribution in [3.63, 3.8) is 0 Å². The molecule has 3 rings (SSSR count). The molecule has 5 heteroatoms. The minimum atomic E-state index is -0.556. The molecule has 0 radical (unpaired) electrons. The third-order valence-electron chi connectivity index (χ3n) is 5.46. The molecule has 0 bridgehead atoms. The van der Waals surface area contributed by atoms with Crippen molar-refractivity contribution in [3.05, 3.63) is 65.7 Å². The van der Waals surface area contributed by atoms with Gasteiger partial charge in [0.25, 0.3) is 0 Å². The Labute approximate surface area is 167 Å². The molecule has 0 aromatic heterocycles. The van der Waals surface area contributed by atoms with Crippen LogP contribution in [0.3, 0.4) is 0 Å². The Morgan fingerprint density at radius 1 is 1.14 bits per heavy atom. The molecule has 2 aromatic carbocycles. The Kier molecular flexibility index (Phi) is 7.06. The van der Waals surface area contributed by atoms with Crippen molar-refractivity contribution < 1.29 is 14.3 Å². The maximum atomic E-state index is 12.6. The molecule has 150 valence electrons. The predicted octanol–water partition coefficient (Wildman–Crippen LogP) is 2.82. The molecule has 2 aromatic rings. The van der Waals surface area contributed by atoms with Crippen LogP contribution >= 0.6 is 0 Å². The van der Waals surface area contributed by atoms with E-state index in [1.54, 1.807) is 0 Å². The number of hydrogen-bond donors (Lipinski definition) is 2. The lowest BCUT2D eigenvalue weighted by Crippen LogP contribution is -2.49. The number of ether oxygens (including phenoxy) is 2. The van der Waals surface area contributed by atoms with Gasteiger partial charge in [0.15, 0.2) is 0 Å². The van der Waals surface area contributed by atoms with Gasteiger partial charge in [0.2, 0.25) is 5.91 Å². The molecule has 3 N–H and O–H groups in total. The Morgan fingerprint density at radius 2 is 1.82 bits per heavy atom. The third-order valence-corrected chi connectivity index (χ3v) is 5.46. The molecular weight excluding hydrogens is 352 g/mol. The molecule has 0 spiro atoms. The Balaban J connectivity index is 1.66. The zero-order valence-corrected chi connectivity index (χ0v) is 16.5. The Bertz CT molecular complexity index is 740. The van der Waals surface area contributed by atoms with Crippen LogP contribution in [0.25, 0.3) is 0 Å². The highest BCUT2D eigenvalue weighted by Crippen LogP contribution is 2.35. The van der Waals surface area contributed by atoms with Crippen LogP contribution < -0.4 is 15.8 Å². The van der Waals surface area contributed by atoms with Gasteiger partial charge in [-0.25, -0.2) is 0 Å². The van der Waals surface area contributed by atoms with Crippen molar-refractivity contribution >= 4 is 5.91 Å². The van der Waals surface area contributed by atoms with Crippen molar-refractivity contribution in [2.24, 2.45) is 5.73 Å². The minimum absolute atomic E-state index is 0.111. The van der Waals surface area contributed by atoms with E-state index >= 15 is 0 Å². The fraction of sp³-hybridized carbons (Fsp3) is 0.435. The average molecular weight is 383 g/mol. The largest absolute Gasteiger partial charge is 0.494 e. The summed E-state index contributed by atoms with van der Waals surface area (Å²) in [6.45, 7) is 4.57. The van der Waals surface area contributed by atoms with Crippen molar-refractivity contribution in [2.75, 3.05) is 26.4 Å². The molecule has 0 aliphatic carbocycles. The summed E-state index contributed by atoms with van der Waals surface area (Å²) in [7, 11) is 0. The topological polar surface area (TPSA) is 73.6 Å². The van der Waals surface area contributed by atoms with Crippen molar-refractivity contribution in [1.82, 2.24) is 5.32 Å². The molecule has 1 saturated heterocycles. The number of benzene rings is 2. The summed E-state index contributed by atoms with van der Waals surface area (Å²) < 4.78 is 11.1. The van der Waals surface area contributed by atoms with E-state index in [-0.39, 0.29) is 11.3 Å². The Hall–Kier alpha value is -2.37. The lowest BCUT2D eigenvalue weighted by atomic mass is 9.74. The fourth-order valence-electron chi connectivity index (χ4n) is 3.75. The molecule has 28 heavy (non-hydrogen) atoms. The molecule has 1 aliphatic rings. The molecule has 0 saturated carbocycles. The van der Waals surface area contributed by atoms with E-state index in [1.165, 1.54) is 5.56 Å². The smallest absolute Gasteiger partial charge is 0.237 e. The van der Waals surface area contributed by atoms with Crippen LogP contribution in [0.15, 0.2) is 54.6 Å². The van der Waals surface area contributed by atoms with E-state index in [1.807, 2.05) is 49.4 Å². The number of nitrogens with two attached hydrogens (primary N) is 1. The van der Waals surface area contributed by atoms with E-state index in [0.717, 1.165) is 24.2 Å². The minimum Gasteiger partial charge on any atom is -0.494 e. The second-order valence-corrected chi connectivity index (χ2v) is 7.36. The van der Waals surface area contributed by atoms with Gasteiger partial charge in [0, 0.05) is 25.2 Å². The van der Waals surface area contributed by atoms with Gasteiger partial charge in [-0.2, -0.15) is 0 Å². The first-order chi connectivity index (χ1) is 13.6. The van der Waals surface area contributed by atoms with E-state index in [4.69, 9.17) is 15.2 Å². The van der Waals surface area contributed by atoms with Crippen LogP contribution in [0.1, 0.15) is 30.9 Å². The van der Waals surface area contributed by atoms with Gasteiger partial charge < -0.3 is 20.5 Å². The van der Waals surface area contributed by atoms with E-state index in [2.05, 4.69) is 17.4 Å². The summed E-state index contributed by atoms with van der Waals surface area (Å²) in [5, 5.41) is 3.10. The molecule has 1 aliphatic heterocycles. The highest BCUT2D eigenvalue weighted by Gasteiger charge is 2.35. The van der Waals surface area contributed by atoms with Gasteiger partial charge in [-0.3, -0.25) is 4.79 Å². The number of carbonyl (C=O) groups excluding carboxylic acids is 1. The quantitative estimate of drug-likeness (QED) is 0.736. The standard InChI is InChI=1S/C23H30N2O3/c1-2-28-20-10-8-19(9-11-20)23(12-14-27-15-13-23)17-25-22(26)21(24)16-18-6-4-3-5-7-18/h3-11,21H,2,12-17,24H2,1H3,(H,25,26)/t21-/m0/s1. The molecule has 1 fully saturated rings. The molecule has 1 atom stereocenters. The normalized spacial score (nSPS) is 16.9. The Morgan fingerprint density at radius 3 is 2.46 bits per heavy atom. The first kappa shape index (κ1) is 20.4. The molecule has 1 amide bonds. The fourth-order valence-corrected chi connectivity index (χ4v) is 3.75. The lowest BCUT2D eigenvalue weighted by Gasteiger charge is -2.38. The summed E-state index contributed by atoms with van der Waals surface area (Å²) in [5.41, 5.74) is 8.28. The second-order valence-electron chi connectivity index (χ2n) is 7.36. The van der Waals surface area contributed by atoms with Crippen LogP contribution in [-0.2, 0) is 21.4 Å². The van der Waals surface area contributed by atoms with Gasteiger partial charge >= 0.3 is 0 Å². The summed E-state index contributed by atoms with van der Waals surface area (Å²) >= 11 is 0. The maximum absolute atomic E-state index is 12.6. The van der Waals surface area contributed by atoms with Crippen LogP contribution in [0.4, 0.5) is 0 Å². The number of nitrogens with one attached hydrogen (secondary N) is 1. The summed E-state index contributed by atoms with van der Waals surface area (Å²) in [6.07, 6.45) is 2.27. The van der Waals surface area contributed by atoms with Crippen LogP contribution in [-0.4, -0.2) is 38.3 Å². The number of amides is 1.